The van der Waals surface area contributed by atoms with Crippen molar-refractivity contribution in [3.8, 4) is 0 Å². The number of benzene rings is 1. The molecule has 2 aromatic rings. The van der Waals surface area contributed by atoms with Crippen LogP contribution in [0.3, 0.4) is 0 Å². The van der Waals surface area contributed by atoms with Gasteiger partial charge in [-0.05, 0) is 37.3 Å². The number of halogens is 1. The van der Waals surface area contributed by atoms with Gasteiger partial charge in [-0.2, -0.15) is 4.31 Å². The summed E-state index contributed by atoms with van der Waals surface area (Å²) in [6.45, 7) is 5.76. The predicted octanol–water partition coefficient (Wildman–Crippen LogP) is 1.69. The number of piperazine rings is 2. The standard InChI is InChI=1S/C20H25ClN6O3S/c1-16-22-7-6-19(23-16)24-8-10-25(11-9-24)20(28)26-12-14-27(15-13-26)31(29,30)18-4-2-17(21)3-5-18/h2-7H,8-15H2,1H3. The molecule has 3 heterocycles. The van der Waals surface area contributed by atoms with Crippen molar-refractivity contribution in [2.45, 2.75) is 11.8 Å². The molecular weight excluding hydrogens is 440 g/mol. The number of anilines is 1. The maximum absolute atomic E-state index is 12.9. The molecule has 2 aliphatic heterocycles. The molecule has 0 aliphatic carbocycles. The van der Waals surface area contributed by atoms with Gasteiger partial charge in [0.1, 0.15) is 11.6 Å². The molecule has 1 aromatic heterocycles. The van der Waals surface area contributed by atoms with E-state index in [2.05, 4.69) is 14.9 Å². The van der Waals surface area contributed by atoms with Gasteiger partial charge in [-0.15, -0.1) is 0 Å². The number of urea groups is 1. The number of carbonyl (C=O) groups excluding carboxylic acids is 1. The molecule has 0 bridgehead atoms. The summed E-state index contributed by atoms with van der Waals surface area (Å²) in [6.07, 6.45) is 1.74. The average Bonchev–Trinajstić information content (AvgIpc) is 2.79. The number of rotatable bonds is 3. The normalized spacial score (nSPS) is 18.3. The van der Waals surface area contributed by atoms with Crippen LogP contribution in [-0.2, 0) is 10.0 Å². The van der Waals surface area contributed by atoms with E-state index in [1.165, 1.54) is 16.4 Å². The molecule has 2 fully saturated rings. The van der Waals surface area contributed by atoms with Gasteiger partial charge in [-0.1, -0.05) is 11.6 Å². The number of aryl methyl sites for hydroxylation is 1. The zero-order chi connectivity index (χ0) is 22.0. The average molecular weight is 465 g/mol. The Morgan fingerprint density at radius 2 is 1.48 bits per heavy atom. The van der Waals surface area contributed by atoms with Crippen molar-refractivity contribution in [3.05, 3.63) is 47.4 Å². The van der Waals surface area contributed by atoms with Crippen LogP contribution in [0.25, 0.3) is 0 Å². The first-order valence-electron chi connectivity index (χ1n) is 10.2. The van der Waals surface area contributed by atoms with Crippen molar-refractivity contribution in [2.75, 3.05) is 57.3 Å². The second-order valence-corrected chi connectivity index (χ2v) is 9.94. The van der Waals surface area contributed by atoms with E-state index in [0.29, 0.717) is 44.3 Å². The first-order chi connectivity index (χ1) is 14.8. The van der Waals surface area contributed by atoms with E-state index in [0.717, 1.165) is 11.6 Å². The van der Waals surface area contributed by atoms with Crippen molar-refractivity contribution < 1.29 is 13.2 Å². The number of hydrogen-bond donors (Lipinski definition) is 0. The predicted molar refractivity (Wildman–Crippen MR) is 118 cm³/mol. The first-order valence-corrected chi connectivity index (χ1v) is 12.0. The minimum atomic E-state index is -3.59. The van der Waals surface area contributed by atoms with Crippen LogP contribution in [0.5, 0.6) is 0 Å². The van der Waals surface area contributed by atoms with Gasteiger partial charge < -0.3 is 14.7 Å². The van der Waals surface area contributed by atoms with Crippen LogP contribution < -0.4 is 4.90 Å². The van der Waals surface area contributed by atoms with E-state index in [1.807, 2.05) is 17.9 Å². The summed E-state index contributed by atoms with van der Waals surface area (Å²) < 4.78 is 27.1. The van der Waals surface area contributed by atoms with Crippen molar-refractivity contribution in [1.82, 2.24) is 24.1 Å². The summed E-state index contributed by atoms with van der Waals surface area (Å²) >= 11 is 5.86. The Labute approximate surface area is 187 Å². The van der Waals surface area contributed by atoms with Crippen LogP contribution in [0.4, 0.5) is 10.6 Å². The highest BCUT2D eigenvalue weighted by molar-refractivity contribution is 7.89. The highest BCUT2D eigenvalue weighted by Crippen LogP contribution is 2.21. The molecule has 31 heavy (non-hydrogen) atoms. The van der Waals surface area contributed by atoms with E-state index < -0.39 is 10.0 Å². The zero-order valence-electron chi connectivity index (χ0n) is 17.3. The van der Waals surface area contributed by atoms with E-state index in [9.17, 15) is 13.2 Å². The molecule has 11 heteroatoms. The van der Waals surface area contributed by atoms with Gasteiger partial charge in [-0.25, -0.2) is 23.2 Å². The number of amides is 2. The Hall–Kier alpha value is -2.43. The Kier molecular flexibility index (Phi) is 6.31. The van der Waals surface area contributed by atoms with E-state index in [1.54, 1.807) is 23.2 Å². The summed E-state index contributed by atoms with van der Waals surface area (Å²) in [6, 6.07) is 7.99. The topological polar surface area (TPSA) is 90.0 Å². The third kappa shape index (κ3) is 4.76. The zero-order valence-corrected chi connectivity index (χ0v) is 18.9. The highest BCUT2D eigenvalue weighted by Gasteiger charge is 2.32. The smallest absolute Gasteiger partial charge is 0.320 e. The van der Waals surface area contributed by atoms with Crippen molar-refractivity contribution in [2.24, 2.45) is 0 Å². The molecule has 4 rings (SSSR count). The fourth-order valence-electron chi connectivity index (χ4n) is 3.82. The third-order valence-electron chi connectivity index (χ3n) is 5.60. The maximum atomic E-state index is 12.9. The molecule has 0 N–H and O–H groups in total. The second kappa shape index (κ2) is 8.97. The van der Waals surface area contributed by atoms with Crippen LogP contribution in [0.2, 0.25) is 5.02 Å². The molecule has 2 aliphatic rings. The Bertz CT molecular complexity index is 1030. The number of nitrogens with zero attached hydrogens (tertiary/aromatic N) is 6. The van der Waals surface area contributed by atoms with Crippen LogP contribution >= 0.6 is 11.6 Å². The summed E-state index contributed by atoms with van der Waals surface area (Å²) in [5, 5.41) is 0.490. The lowest BCUT2D eigenvalue weighted by molar-refractivity contribution is 0.132. The van der Waals surface area contributed by atoms with Crippen molar-refractivity contribution >= 4 is 33.5 Å². The summed E-state index contributed by atoms with van der Waals surface area (Å²) in [7, 11) is -3.59. The van der Waals surface area contributed by atoms with Gasteiger partial charge in [-0.3, -0.25) is 0 Å². The number of sulfonamides is 1. The number of aromatic nitrogens is 2. The largest absolute Gasteiger partial charge is 0.353 e. The number of hydrogen-bond acceptors (Lipinski definition) is 6. The van der Waals surface area contributed by atoms with Gasteiger partial charge in [0.25, 0.3) is 0 Å². The second-order valence-electron chi connectivity index (χ2n) is 7.56. The highest BCUT2D eigenvalue weighted by atomic mass is 35.5. The Morgan fingerprint density at radius 3 is 2.06 bits per heavy atom. The maximum Gasteiger partial charge on any atom is 0.320 e. The summed E-state index contributed by atoms with van der Waals surface area (Å²) in [4.78, 5) is 27.4. The van der Waals surface area contributed by atoms with Crippen molar-refractivity contribution in [1.29, 1.82) is 0 Å². The molecule has 9 nitrogen and oxygen atoms in total. The van der Waals surface area contributed by atoms with E-state index in [4.69, 9.17) is 11.6 Å². The lowest BCUT2D eigenvalue weighted by Crippen LogP contribution is -2.57. The van der Waals surface area contributed by atoms with Crippen LogP contribution in [-0.4, -0.2) is 90.9 Å². The van der Waals surface area contributed by atoms with E-state index >= 15 is 0 Å². The monoisotopic (exact) mass is 464 g/mol. The third-order valence-corrected chi connectivity index (χ3v) is 7.76. The molecule has 166 valence electrons. The molecule has 0 atom stereocenters. The molecule has 2 amide bonds. The molecule has 0 saturated carbocycles. The SMILES string of the molecule is Cc1nccc(N2CCN(C(=O)N3CCN(S(=O)(=O)c4ccc(Cl)cc4)CC3)CC2)n1. The lowest BCUT2D eigenvalue weighted by atomic mass is 10.3. The van der Waals surface area contributed by atoms with Gasteiger partial charge in [0.05, 0.1) is 4.90 Å². The lowest BCUT2D eigenvalue weighted by Gasteiger charge is -2.40. The van der Waals surface area contributed by atoms with Crippen LogP contribution in [0.15, 0.2) is 41.4 Å². The van der Waals surface area contributed by atoms with Gasteiger partial charge in [0.2, 0.25) is 10.0 Å². The quantitative estimate of drug-likeness (QED) is 0.686. The molecule has 0 radical (unpaired) electrons. The minimum absolute atomic E-state index is 0.0398. The fraction of sp³-hybridized carbons (Fsp3) is 0.450. The Morgan fingerprint density at radius 1 is 0.903 bits per heavy atom. The van der Waals surface area contributed by atoms with E-state index in [-0.39, 0.29) is 24.0 Å². The number of carbonyl (C=O) groups is 1. The molecule has 1 aromatic carbocycles. The first kappa shape index (κ1) is 21.8. The summed E-state index contributed by atoms with van der Waals surface area (Å²) in [5.41, 5.74) is 0. The van der Waals surface area contributed by atoms with Gasteiger partial charge in [0, 0.05) is 63.6 Å². The molecular formula is C20H25ClN6O3S. The van der Waals surface area contributed by atoms with Crippen LogP contribution in [0, 0.1) is 6.92 Å². The van der Waals surface area contributed by atoms with Crippen LogP contribution in [0.1, 0.15) is 5.82 Å². The molecule has 2 saturated heterocycles. The summed E-state index contributed by atoms with van der Waals surface area (Å²) in [5.74, 6) is 1.60. The minimum Gasteiger partial charge on any atom is -0.353 e. The van der Waals surface area contributed by atoms with Crippen molar-refractivity contribution in [3.63, 3.8) is 0 Å². The Balaban J connectivity index is 1.31. The molecule has 0 unspecified atom stereocenters. The van der Waals surface area contributed by atoms with Gasteiger partial charge >= 0.3 is 6.03 Å². The fourth-order valence-corrected chi connectivity index (χ4v) is 5.37. The van der Waals surface area contributed by atoms with Gasteiger partial charge in [0.15, 0.2) is 0 Å². The molecule has 0 spiro atoms.